The predicted octanol–water partition coefficient (Wildman–Crippen LogP) is 5.86. The summed E-state index contributed by atoms with van der Waals surface area (Å²) in [7, 11) is 2.08. The van der Waals surface area contributed by atoms with E-state index in [1.807, 2.05) is 26.8 Å². The largest absolute Gasteiger partial charge is 0.396 e. The van der Waals surface area contributed by atoms with Crippen LogP contribution in [-0.4, -0.2) is 31.7 Å². The van der Waals surface area contributed by atoms with Gasteiger partial charge in [0, 0.05) is 11.1 Å². The number of aryl methyl sites for hydroxylation is 2. The molecule has 7 nitrogen and oxygen atoms in total. The highest BCUT2D eigenvalue weighted by atomic mass is 16.1. The van der Waals surface area contributed by atoms with Crippen LogP contribution in [0.2, 0.25) is 0 Å². The second kappa shape index (κ2) is 20.4. The zero-order valence-electron chi connectivity index (χ0n) is 25.2. The fraction of sp³-hybridized carbons (Fsp3) is 0.324. The summed E-state index contributed by atoms with van der Waals surface area (Å²) in [5.41, 5.74) is 10.1. The number of carbonyl (C=O) groups excluding carboxylic acids is 3. The van der Waals surface area contributed by atoms with Gasteiger partial charge in [-0.25, -0.2) is 4.79 Å². The molecule has 1 aliphatic rings. The maximum atomic E-state index is 11.3. The second-order valence-corrected chi connectivity index (χ2v) is 8.88. The molecule has 4 N–H and O–H groups in total. The molecule has 0 heterocycles. The molecule has 1 amide bonds. The smallest absolute Gasteiger partial charge is 0.225 e. The van der Waals surface area contributed by atoms with Crippen molar-refractivity contribution in [2.24, 2.45) is 5.73 Å². The third-order valence-corrected chi connectivity index (χ3v) is 6.17. The molecule has 218 valence electrons. The first-order valence-electron chi connectivity index (χ1n) is 13.6. The monoisotopic (exact) mass is 556 g/mol. The van der Waals surface area contributed by atoms with E-state index in [0.29, 0.717) is 17.4 Å². The zero-order valence-corrected chi connectivity index (χ0v) is 25.2. The number of benzene rings is 3. The Kier molecular flexibility index (Phi) is 18.2. The number of nitriles is 1. The average molecular weight is 557 g/mol. The minimum absolute atomic E-state index is 0.0118. The van der Waals surface area contributed by atoms with Crippen molar-refractivity contribution in [1.29, 1.82) is 5.26 Å². The van der Waals surface area contributed by atoms with Crippen LogP contribution in [-0.2, 0) is 21.5 Å². The molecule has 3 aromatic rings. The SMILES string of the molecule is C=CC.CC.CNC1(c2ccc(C)c3c(C)cccc23)CC1.N#CCNC(=O)Cc1ccccc1C=O.NC=C=O. The Bertz CT molecular complexity index is 1340. The third kappa shape index (κ3) is 11.6. The van der Waals surface area contributed by atoms with E-state index < -0.39 is 0 Å². The van der Waals surface area contributed by atoms with Crippen LogP contribution in [0.25, 0.3) is 10.8 Å². The van der Waals surface area contributed by atoms with Gasteiger partial charge in [0.2, 0.25) is 5.91 Å². The standard InChI is InChI=1S/C16H19N.C11H10N2O2.C3H6.C2H3NO.C2H6/c1-11-5-4-6-13-14(16(17-3)9-10-16)8-7-12(2)15(11)13;12-5-6-13-11(15)7-9-3-1-2-4-10(9)8-14;1-3-2;3-1-2-4;1-2/h4-8,17H,9-10H2,1-3H3;1-4,8H,6-7H2,(H,13,15);3H,1H2,2H3;1H,3H2;1-2H3. The molecule has 0 radical (unpaired) electrons. The van der Waals surface area contributed by atoms with Crippen LogP contribution < -0.4 is 16.4 Å². The van der Waals surface area contributed by atoms with Gasteiger partial charge in [0.25, 0.3) is 0 Å². The van der Waals surface area contributed by atoms with Gasteiger partial charge in [-0.1, -0.05) is 74.5 Å². The summed E-state index contributed by atoms with van der Waals surface area (Å²) in [6.45, 7) is 13.7. The molecule has 0 aromatic heterocycles. The van der Waals surface area contributed by atoms with Crippen LogP contribution in [0.15, 0.2) is 73.5 Å². The van der Waals surface area contributed by atoms with Gasteiger partial charge < -0.3 is 16.4 Å². The molecule has 0 aliphatic heterocycles. The first-order chi connectivity index (χ1) is 19.8. The van der Waals surface area contributed by atoms with Crippen LogP contribution >= 0.6 is 0 Å². The third-order valence-electron chi connectivity index (χ3n) is 6.17. The van der Waals surface area contributed by atoms with Gasteiger partial charge in [-0.3, -0.25) is 9.59 Å². The van der Waals surface area contributed by atoms with E-state index in [1.54, 1.807) is 30.3 Å². The van der Waals surface area contributed by atoms with E-state index in [4.69, 9.17) is 10.1 Å². The molecule has 0 spiro atoms. The lowest BCUT2D eigenvalue weighted by Crippen LogP contribution is -2.25. The molecule has 41 heavy (non-hydrogen) atoms. The van der Waals surface area contributed by atoms with Crippen LogP contribution in [0.5, 0.6) is 0 Å². The van der Waals surface area contributed by atoms with Gasteiger partial charge in [0.05, 0.1) is 18.7 Å². The molecule has 1 saturated carbocycles. The van der Waals surface area contributed by atoms with Crippen molar-refractivity contribution in [2.75, 3.05) is 13.6 Å². The molecule has 0 atom stereocenters. The summed E-state index contributed by atoms with van der Waals surface area (Å²) in [4.78, 5) is 30.8. The molecule has 7 heteroatoms. The lowest BCUT2D eigenvalue weighted by Gasteiger charge is -2.19. The molecule has 3 aromatic carbocycles. The number of nitrogens with two attached hydrogens (primary N) is 1. The van der Waals surface area contributed by atoms with Crippen LogP contribution in [0.4, 0.5) is 0 Å². The molecule has 0 unspecified atom stereocenters. The summed E-state index contributed by atoms with van der Waals surface area (Å²) < 4.78 is 0. The maximum absolute atomic E-state index is 11.3. The second-order valence-electron chi connectivity index (χ2n) is 8.88. The quantitative estimate of drug-likeness (QED) is 0.151. The number of rotatable bonds is 6. The van der Waals surface area contributed by atoms with Gasteiger partial charge in [-0.05, 0) is 73.7 Å². The Labute approximate surface area is 245 Å². The highest BCUT2D eigenvalue weighted by molar-refractivity contribution is 5.92. The molecule has 1 aliphatic carbocycles. The van der Waals surface area contributed by atoms with Crippen molar-refractivity contribution >= 4 is 28.9 Å². The minimum atomic E-state index is -0.258. The van der Waals surface area contributed by atoms with Crippen molar-refractivity contribution in [3.05, 3.63) is 101 Å². The zero-order chi connectivity index (χ0) is 31.3. The lowest BCUT2D eigenvalue weighted by molar-refractivity contribution is -0.120. The number of hydrogen-bond acceptors (Lipinski definition) is 6. The van der Waals surface area contributed by atoms with Gasteiger partial charge >= 0.3 is 0 Å². The van der Waals surface area contributed by atoms with Crippen LogP contribution in [0, 0.1) is 25.2 Å². The van der Waals surface area contributed by atoms with Crippen molar-refractivity contribution in [2.45, 2.75) is 59.4 Å². The fourth-order valence-electron chi connectivity index (χ4n) is 4.18. The molecule has 0 saturated heterocycles. The number of allylic oxidation sites excluding steroid dienone is 1. The highest BCUT2D eigenvalue weighted by Crippen LogP contribution is 2.48. The van der Waals surface area contributed by atoms with E-state index in [2.05, 4.69) is 74.2 Å². The summed E-state index contributed by atoms with van der Waals surface area (Å²) >= 11 is 0. The number of nitrogens with one attached hydrogen (secondary N) is 2. The summed E-state index contributed by atoms with van der Waals surface area (Å²) in [6, 6.07) is 19.9. The predicted molar refractivity (Wildman–Crippen MR) is 169 cm³/mol. The van der Waals surface area contributed by atoms with Crippen LogP contribution in [0.3, 0.4) is 0 Å². The number of carbonyl (C=O) groups is 2. The average Bonchev–Trinajstić information content (AvgIpc) is 3.79. The van der Waals surface area contributed by atoms with E-state index in [-0.39, 0.29) is 24.4 Å². The fourth-order valence-corrected chi connectivity index (χ4v) is 4.18. The first kappa shape index (κ1) is 36.5. The van der Waals surface area contributed by atoms with Crippen LogP contribution in [0.1, 0.15) is 66.2 Å². The number of fused-ring (bicyclic) bond motifs is 1. The Hall–Kier alpha value is -4.50. The van der Waals surface area contributed by atoms with Gasteiger partial charge in [0.15, 0.2) is 0 Å². The minimum Gasteiger partial charge on any atom is -0.396 e. The Morgan fingerprint density at radius 2 is 1.66 bits per heavy atom. The molecule has 1 fully saturated rings. The molecular formula is C34H44N4O3. The summed E-state index contributed by atoms with van der Waals surface area (Å²) in [5, 5.41) is 17.0. The van der Waals surface area contributed by atoms with Crippen molar-refractivity contribution in [3.63, 3.8) is 0 Å². The Balaban J connectivity index is 0.000000611. The summed E-state index contributed by atoms with van der Waals surface area (Å²) in [5.74, 6) is 1.07. The van der Waals surface area contributed by atoms with E-state index in [1.165, 1.54) is 46.2 Å². The number of nitrogens with zero attached hydrogens (tertiary/aromatic N) is 1. The van der Waals surface area contributed by atoms with Crippen molar-refractivity contribution < 1.29 is 14.4 Å². The normalized spacial score (nSPS) is 11.3. The van der Waals surface area contributed by atoms with Gasteiger partial charge in [-0.15, -0.1) is 6.58 Å². The van der Waals surface area contributed by atoms with Crippen molar-refractivity contribution in [3.8, 4) is 6.07 Å². The topological polar surface area (TPSA) is 125 Å². The maximum Gasteiger partial charge on any atom is 0.225 e. The molecule has 0 bridgehead atoms. The van der Waals surface area contributed by atoms with Crippen molar-refractivity contribution in [1.82, 2.24) is 10.6 Å². The lowest BCUT2D eigenvalue weighted by atomic mass is 9.92. The number of aldehydes is 1. The van der Waals surface area contributed by atoms with E-state index in [0.717, 1.165) is 6.20 Å². The first-order valence-corrected chi connectivity index (χ1v) is 13.6. The number of hydrogen-bond donors (Lipinski definition) is 3. The summed E-state index contributed by atoms with van der Waals surface area (Å²) in [6.07, 6.45) is 5.93. The van der Waals surface area contributed by atoms with E-state index in [9.17, 15) is 9.59 Å². The Morgan fingerprint density at radius 3 is 2.17 bits per heavy atom. The van der Waals surface area contributed by atoms with Gasteiger partial charge in [0.1, 0.15) is 18.8 Å². The molecular weight excluding hydrogens is 512 g/mol. The highest BCUT2D eigenvalue weighted by Gasteiger charge is 2.43. The number of amides is 1. The molecule has 4 rings (SSSR count). The van der Waals surface area contributed by atoms with E-state index >= 15 is 0 Å². The van der Waals surface area contributed by atoms with Gasteiger partial charge in [-0.2, -0.15) is 5.26 Å². The Morgan fingerprint density at radius 1 is 1.07 bits per heavy atom.